The van der Waals surface area contributed by atoms with Gasteiger partial charge in [0.1, 0.15) is 0 Å². The molecule has 84 valence electrons. The fourth-order valence-electron chi connectivity index (χ4n) is 2.46. The van der Waals surface area contributed by atoms with Gasteiger partial charge in [-0.1, -0.05) is 6.42 Å². The third kappa shape index (κ3) is 4.37. The quantitative estimate of drug-likeness (QED) is 0.647. The van der Waals surface area contributed by atoms with Crippen LogP contribution < -0.4 is 0 Å². The number of rotatable bonds is 4. The molecule has 0 bridgehead atoms. The van der Waals surface area contributed by atoms with Crippen LogP contribution in [-0.2, 0) is 0 Å². The first-order chi connectivity index (χ1) is 6.58. The second-order valence-electron chi connectivity index (χ2n) is 4.52. The fraction of sp³-hybridized carbons (Fsp3) is 1.00. The van der Waals surface area contributed by atoms with Gasteiger partial charge >= 0.3 is 0 Å². The van der Waals surface area contributed by atoms with E-state index in [2.05, 4.69) is 0 Å². The summed E-state index contributed by atoms with van der Waals surface area (Å²) in [4.78, 5) is 0. The summed E-state index contributed by atoms with van der Waals surface area (Å²) < 4.78 is 0. The van der Waals surface area contributed by atoms with E-state index in [-0.39, 0.29) is 0 Å². The van der Waals surface area contributed by atoms with Crippen molar-refractivity contribution in [1.82, 2.24) is 10.1 Å². The van der Waals surface area contributed by atoms with Gasteiger partial charge in [0.2, 0.25) is 0 Å². The lowest BCUT2D eigenvalue weighted by Gasteiger charge is -2.37. The predicted molar refractivity (Wildman–Crippen MR) is 57.4 cm³/mol. The molecule has 0 aliphatic heterocycles. The monoisotopic (exact) mass is 200 g/mol. The Labute approximate surface area is 86.0 Å². The Morgan fingerprint density at radius 1 is 1.00 bits per heavy atom. The molecule has 0 N–H and O–H groups in total. The largest absolute Gasteiger partial charge is 0.785 e. The summed E-state index contributed by atoms with van der Waals surface area (Å²) >= 11 is 0. The van der Waals surface area contributed by atoms with Crippen molar-refractivity contribution < 1.29 is 0 Å². The van der Waals surface area contributed by atoms with Gasteiger partial charge in [-0.05, 0) is 58.3 Å². The lowest BCUT2D eigenvalue weighted by Crippen LogP contribution is -2.30. The molecule has 14 heavy (non-hydrogen) atoms. The van der Waals surface area contributed by atoms with Crippen LogP contribution >= 0.6 is 0 Å². The van der Waals surface area contributed by atoms with Crippen LogP contribution in [-0.4, -0.2) is 37.3 Å². The van der Waals surface area contributed by atoms with Crippen molar-refractivity contribution in [3.63, 3.8) is 0 Å². The van der Waals surface area contributed by atoms with Crippen LogP contribution in [0.5, 0.6) is 0 Å². The molecule has 0 aromatic heterocycles. The number of hydroxylamine groups is 4. The summed E-state index contributed by atoms with van der Waals surface area (Å²) in [5, 5.41) is 23.8. The van der Waals surface area contributed by atoms with E-state index >= 15 is 0 Å². The molecular formula is C10H20N2O2-2. The second-order valence-corrected chi connectivity index (χ2v) is 4.52. The summed E-state index contributed by atoms with van der Waals surface area (Å²) in [6.07, 6.45) is 4.49. The Kier molecular flexibility index (Phi) is 4.81. The average molecular weight is 200 g/mol. The van der Waals surface area contributed by atoms with Crippen molar-refractivity contribution in [2.24, 2.45) is 11.8 Å². The molecular weight excluding hydrogens is 180 g/mol. The minimum absolute atomic E-state index is 0.496. The van der Waals surface area contributed by atoms with Crippen LogP contribution in [0.15, 0.2) is 0 Å². The third-order valence-corrected chi connectivity index (χ3v) is 2.92. The van der Waals surface area contributed by atoms with E-state index in [1.54, 1.807) is 14.1 Å². The van der Waals surface area contributed by atoms with Crippen LogP contribution in [0.3, 0.4) is 0 Å². The lowest BCUT2D eigenvalue weighted by molar-refractivity contribution is 0.199. The van der Waals surface area contributed by atoms with Gasteiger partial charge < -0.3 is 20.5 Å². The van der Waals surface area contributed by atoms with E-state index in [0.29, 0.717) is 24.9 Å². The molecule has 0 radical (unpaired) electrons. The van der Waals surface area contributed by atoms with Crippen molar-refractivity contribution >= 4 is 0 Å². The highest BCUT2D eigenvalue weighted by Gasteiger charge is 2.21. The third-order valence-electron chi connectivity index (χ3n) is 2.92. The zero-order chi connectivity index (χ0) is 10.6. The topological polar surface area (TPSA) is 52.6 Å². The zero-order valence-electron chi connectivity index (χ0n) is 9.11. The Morgan fingerprint density at radius 3 is 1.79 bits per heavy atom. The van der Waals surface area contributed by atoms with E-state index < -0.39 is 0 Å². The van der Waals surface area contributed by atoms with Gasteiger partial charge in [0.05, 0.1) is 0 Å². The molecule has 0 aromatic carbocycles. The number of hydrogen-bond donors (Lipinski definition) is 0. The first kappa shape index (κ1) is 11.9. The van der Waals surface area contributed by atoms with Crippen molar-refractivity contribution in [3.05, 3.63) is 10.4 Å². The summed E-state index contributed by atoms with van der Waals surface area (Å²) in [6.45, 7) is 1.25. The van der Waals surface area contributed by atoms with Gasteiger partial charge in [0, 0.05) is 0 Å². The number of hydrogen-bond acceptors (Lipinski definition) is 4. The molecule has 0 spiro atoms. The fourth-order valence-corrected chi connectivity index (χ4v) is 2.46. The predicted octanol–water partition coefficient (Wildman–Crippen LogP) is 1.65. The maximum Gasteiger partial charge on any atom is -0.0118 e. The molecule has 4 nitrogen and oxygen atoms in total. The molecule has 0 saturated heterocycles. The molecule has 1 saturated carbocycles. The maximum atomic E-state index is 10.9. The van der Waals surface area contributed by atoms with Crippen molar-refractivity contribution in [1.29, 1.82) is 0 Å². The molecule has 2 atom stereocenters. The van der Waals surface area contributed by atoms with Gasteiger partial charge in [0.15, 0.2) is 0 Å². The van der Waals surface area contributed by atoms with Crippen LogP contribution in [0.1, 0.15) is 25.7 Å². The normalized spacial score (nSPS) is 28.7. The van der Waals surface area contributed by atoms with Crippen molar-refractivity contribution in [2.75, 3.05) is 27.2 Å². The summed E-state index contributed by atoms with van der Waals surface area (Å²) in [5.41, 5.74) is 0. The second kappa shape index (κ2) is 5.66. The summed E-state index contributed by atoms with van der Waals surface area (Å²) in [6, 6.07) is 0. The van der Waals surface area contributed by atoms with Crippen LogP contribution in [0.2, 0.25) is 0 Å². The van der Waals surface area contributed by atoms with Gasteiger partial charge in [0.25, 0.3) is 0 Å². The van der Waals surface area contributed by atoms with E-state index in [9.17, 15) is 10.4 Å². The molecule has 0 amide bonds. The smallest absolute Gasteiger partial charge is 0.0118 e. The first-order valence-corrected chi connectivity index (χ1v) is 5.34. The van der Waals surface area contributed by atoms with E-state index in [0.717, 1.165) is 35.8 Å². The zero-order valence-corrected chi connectivity index (χ0v) is 9.11. The van der Waals surface area contributed by atoms with Gasteiger partial charge in [-0.3, -0.25) is 0 Å². The van der Waals surface area contributed by atoms with Crippen molar-refractivity contribution in [3.8, 4) is 0 Å². The van der Waals surface area contributed by atoms with Crippen LogP contribution in [0.25, 0.3) is 0 Å². The van der Waals surface area contributed by atoms with Crippen LogP contribution in [0.4, 0.5) is 0 Å². The molecule has 0 aromatic rings. The first-order valence-electron chi connectivity index (χ1n) is 5.34. The molecule has 1 rings (SSSR count). The minimum Gasteiger partial charge on any atom is -0.785 e. The average Bonchev–Trinajstić information content (AvgIpc) is 2.01. The van der Waals surface area contributed by atoms with Gasteiger partial charge in [-0.25, -0.2) is 0 Å². The maximum absolute atomic E-state index is 10.9. The standard InChI is InChI=1S/C10H20N2O2/c1-11(13)7-9-4-3-5-10(6-9)8-12(2)14/h9-10H,3-8H2,1-2H3/q-2. The van der Waals surface area contributed by atoms with Crippen molar-refractivity contribution in [2.45, 2.75) is 25.7 Å². The lowest BCUT2D eigenvalue weighted by atomic mass is 9.81. The van der Waals surface area contributed by atoms with Gasteiger partial charge in [-0.2, -0.15) is 0 Å². The summed E-state index contributed by atoms with van der Waals surface area (Å²) in [5.74, 6) is 0.993. The molecule has 2 unspecified atom stereocenters. The highest BCUT2D eigenvalue weighted by molar-refractivity contribution is 4.77. The SMILES string of the molecule is CN([O-])CC1CCCC(CN(C)[O-])C1. The molecule has 0 heterocycles. The Bertz CT molecular complexity index is 146. The van der Waals surface area contributed by atoms with E-state index in [1.807, 2.05) is 0 Å². The highest BCUT2D eigenvalue weighted by Crippen LogP contribution is 2.29. The number of nitrogens with zero attached hydrogens (tertiary/aromatic N) is 2. The molecule has 1 fully saturated rings. The Hall–Kier alpha value is -0.160. The van der Waals surface area contributed by atoms with Crippen LogP contribution in [0, 0.1) is 22.3 Å². The highest BCUT2D eigenvalue weighted by atomic mass is 16.5. The van der Waals surface area contributed by atoms with E-state index in [1.165, 1.54) is 0 Å². The van der Waals surface area contributed by atoms with Gasteiger partial charge in [-0.15, -0.1) is 0 Å². The molecule has 1 aliphatic carbocycles. The minimum atomic E-state index is 0.496. The summed E-state index contributed by atoms with van der Waals surface area (Å²) in [7, 11) is 3.15. The Balaban J connectivity index is 2.28. The Morgan fingerprint density at radius 2 is 1.43 bits per heavy atom. The van der Waals surface area contributed by atoms with E-state index in [4.69, 9.17) is 0 Å². The molecule has 1 aliphatic rings. The molecule has 4 heteroatoms.